The third-order valence-electron chi connectivity index (χ3n) is 3.56. The van der Waals surface area contributed by atoms with Gasteiger partial charge in [0.05, 0.1) is 0 Å². The summed E-state index contributed by atoms with van der Waals surface area (Å²) in [4.78, 5) is 11.0. The Morgan fingerprint density at radius 1 is 1.38 bits per heavy atom. The fourth-order valence-corrected chi connectivity index (χ4v) is 2.75. The molecule has 0 unspecified atom stereocenters. The summed E-state index contributed by atoms with van der Waals surface area (Å²) in [6.45, 7) is 0.719. The number of carboxylic acid groups (broad SMARTS) is 1. The zero-order valence-electron chi connectivity index (χ0n) is 8.81. The molecule has 1 fully saturated rings. The Morgan fingerprint density at radius 2 is 2.19 bits per heavy atom. The van der Waals surface area contributed by atoms with Crippen LogP contribution in [0.1, 0.15) is 17.9 Å². The van der Waals surface area contributed by atoms with Crippen LogP contribution in [0, 0.1) is 0 Å². The molecule has 2 aliphatic heterocycles. The van der Waals surface area contributed by atoms with Crippen molar-refractivity contribution in [1.29, 1.82) is 0 Å². The Labute approximate surface area is 93.7 Å². The molecule has 0 aliphatic carbocycles. The predicted molar refractivity (Wildman–Crippen MR) is 60.6 cm³/mol. The molecule has 0 amide bonds. The number of carbonyl (C=O) groups is 1. The van der Waals surface area contributed by atoms with E-state index in [1.807, 2.05) is 12.1 Å². The molecule has 0 radical (unpaired) electrons. The molecule has 1 saturated heterocycles. The largest absolute Gasteiger partial charge is 0.480 e. The van der Waals surface area contributed by atoms with Crippen molar-refractivity contribution in [2.45, 2.75) is 24.4 Å². The predicted octanol–water partition coefficient (Wildman–Crippen LogP) is 1.01. The fourth-order valence-electron chi connectivity index (χ4n) is 2.75. The normalized spacial score (nSPS) is 31.4. The minimum absolute atomic E-state index is 0.332. The smallest absolute Gasteiger partial charge is 0.320 e. The van der Waals surface area contributed by atoms with Crippen LogP contribution in [0.15, 0.2) is 24.3 Å². The summed E-state index contributed by atoms with van der Waals surface area (Å²) >= 11 is 0. The maximum atomic E-state index is 11.0. The topological polar surface area (TPSA) is 61.4 Å². The van der Waals surface area contributed by atoms with Gasteiger partial charge in [-0.05, 0) is 18.1 Å². The van der Waals surface area contributed by atoms with Gasteiger partial charge in [0.15, 0.2) is 0 Å². The summed E-state index contributed by atoms with van der Waals surface area (Å²) in [5.41, 5.74) is 2.42. The lowest BCUT2D eigenvalue weighted by atomic mass is 9.85. The van der Waals surface area contributed by atoms with Crippen LogP contribution in [0.5, 0.6) is 0 Å². The highest BCUT2D eigenvalue weighted by Gasteiger charge is 2.39. The number of nitrogens with one attached hydrogen (secondary N) is 2. The van der Waals surface area contributed by atoms with Crippen LogP contribution in [0.4, 0.5) is 5.69 Å². The van der Waals surface area contributed by atoms with Crippen molar-refractivity contribution in [2.75, 3.05) is 11.9 Å². The molecule has 0 bridgehead atoms. The second kappa shape index (κ2) is 3.49. The van der Waals surface area contributed by atoms with Crippen LogP contribution >= 0.6 is 0 Å². The van der Waals surface area contributed by atoms with Crippen LogP contribution in [-0.4, -0.2) is 29.7 Å². The fraction of sp³-hybridized carbons (Fsp3) is 0.417. The standard InChI is InChI=1S/C12H14N2O2/c15-12(16)10-5-8-7-3-1-2-4-9(7)14-11(8)6-13-10/h1-4,8,10-11,13-14H,5-6H2,(H,15,16)/t8-,10+,11+/m1/s1. The van der Waals surface area contributed by atoms with Gasteiger partial charge >= 0.3 is 5.97 Å². The van der Waals surface area contributed by atoms with Gasteiger partial charge in [0.1, 0.15) is 6.04 Å². The Balaban J connectivity index is 1.89. The first-order chi connectivity index (χ1) is 7.75. The van der Waals surface area contributed by atoms with Crippen molar-refractivity contribution < 1.29 is 9.90 Å². The van der Waals surface area contributed by atoms with Gasteiger partial charge in [0.25, 0.3) is 0 Å². The molecule has 3 atom stereocenters. The maximum absolute atomic E-state index is 11.0. The number of anilines is 1. The van der Waals surface area contributed by atoms with Crippen molar-refractivity contribution in [3.05, 3.63) is 29.8 Å². The third-order valence-corrected chi connectivity index (χ3v) is 3.56. The minimum atomic E-state index is -0.747. The second-order valence-corrected chi connectivity index (χ2v) is 4.48. The zero-order chi connectivity index (χ0) is 11.1. The molecule has 84 valence electrons. The van der Waals surface area contributed by atoms with Gasteiger partial charge in [-0.1, -0.05) is 18.2 Å². The van der Waals surface area contributed by atoms with Crippen LogP contribution in [-0.2, 0) is 4.79 Å². The van der Waals surface area contributed by atoms with Crippen LogP contribution in [0.25, 0.3) is 0 Å². The Morgan fingerprint density at radius 3 is 3.00 bits per heavy atom. The number of para-hydroxylation sites is 1. The number of fused-ring (bicyclic) bond motifs is 3. The van der Waals surface area contributed by atoms with Gasteiger partial charge in [-0.2, -0.15) is 0 Å². The van der Waals surface area contributed by atoms with E-state index in [1.54, 1.807) is 0 Å². The minimum Gasteiger partial charge on any atom is -0.480 e. The molecule has 4 heteroatoms. The van der Waals surface area contributed by atoms with Crippen LogP contribution < -0.4 is 10.6 Å². The van der Waals surface area contributed by atoms with Crippen molar-refractivity contribution in [1.82, 2.24) is 5.32 Å². The van der Waals surface area contributed by atoms with Gasteiger partial charge < -0.3 is 15.7 Å². The summed E-state index contributed by atoms with van der Waals surface area (Å²) in [6, 6.07) is 8.11. The molecule has 2 heterocycles. The Bertz CT molecular complexity index is 433. The molecular weight excluding hydrogens is 204 g/mol. The summed E-state index contributed by atoms with van der Waals surface area (Å²) in [7, 11) is 0. The molecule has 0 saturated carbocycles. The highest BCUT2D eigenvalue weighted by atomic mass is 16.4. The van der Waals surface area contributed by atoms with Gasteiger partial charge in [0, 0.05) is 24.2 Å². The lowest BCUT2D eigenvalue weighted by Crippen LogP contribution is -2.50. The SMILES string of the molecule is O=C(O)[C@@H]1C[C@@H]2c3ccccc3N[C@H]2CN1. The van der Waals surface area contributed by atoms with E-state index in [0.29, 0.717) is 18.4 Å². The first-order valence-electron chi connectivity index (χ1n) is 5.57. The number of benzene rings is 1. The number of carboxylic acids is 1. The van der Waals surface area contributed by atoms with E-state index < -0.39 is 12.0 Å². The van der Waals surface area contributed by atoms with Crippen molar-refractivity contribution in [2.24, 2.45) is 0 Å². The van der Waals surface area contributed by atoms with E-state index >= 15 is 0 Å². The van der Waals surface area contributed by atoms with Gasteiger partial charge in [-0.15, -0.1) is 0 Å². The first-order valence-corrected chi connectivity index (χ1v) is 5.57. The molecule has 4 nitrogen and oxygen atoms in total. The first kappa shape index (κ1) is 9.66. The summed E-state index contributed by atoms with van der Waals surface area (Å²) < 4.78 is 0. The number of hydrogen-bond donors (Lipinski definition) is 3. The van der Waals surface area contributed by atoms with E-state index in [4.69, 9.17) is 5.11 Å². The lowest BCUT2D eigenvalue weighted by Gasteiger charge is -2.30. The van der Waals surface area contributed by atoms with Gasteiger partial charge in [-0.25, -0.2) is 0 Å². The lowest BCUT2D eigenvalue weighted by molar-refractivity contribution is -0.140. The molecule has 1 aromatic carbocycles. The Hall–Kier alpha value is -1.55. The molecule has 0 spiro atoms. The van der Waals surface area contributed by atoms with E-state index in [0.717, 1.165) is 12.2 Å². The van der Waals surface area contributed by atoms with Gasteiger partial charge in [0.2, 0.25) is 0 Å². The number of rotatable bonds is 1. The van der Waals surface area contributed by atoms with Crippen molar-refractivity contribution in [3.63, 3.8) is 0 Å². The highest BCUT2D eigenvalue weighted by molar-refractivity contribution is 5.74. The zero-order valence-corrected chi connectivity index (χ0v) is 8.81. The number of piperidine rings is 1. The molecular formula is C12H14N2O2. The van der Waals surface area contributed by atoms with Crippen molar-refractivity contribution in [3.8, 4) is 0 Å². The van der Waals surface area contributed by atoms with E-state index in [-0.39, 0.29) is 0 Å². The molecule has 2 aliphatic rings. The van der Waals surface area contributed by atoms with E-state index in [9.17, 15) is 4.79 Å². The molecule has 16 heavy (non-hydrogen) atoms. The summed E-state index contributed by atoms with van der Waals surface area (Å²) in [6.07, 6.45) is 0.671. The maximum Gasteiger partial charge on any atom is 0.320 e. The second-order valence-electron chi connectivity index (χ2n) is 4.48. The number of hydrogen-bond acceptors (Lipinski definition) is 3. The summed E-state index contributed by atoms with van der Waals surface area (Å²) in [5, 5.41) is 15.5. The quantitative estimate of drug-likeness (QED) is 0.658. The van der Waals surface area contributed by atoms with E-state index in [1.165, 1.54) is 5.56 Å². The Kier molecular flexibility index (Phi) is 2.11. The molecule has 1 aromatic rings. The van der Waals surface area contributed by atoms with Crippen LogP contribution in [0.3, 0.4) is 0 Å². The molecule has 0 aromatic heterocycles. The average Bonchev–Trinajstić information content (AvgIpc) is 2.66. The number of aliphatic carboxylic acids is 1. The van der Waals surface area contributed by atoms with E-state index in [2.05, 4.69) is 22.8 Å². The molecule has 3 rings (SSSR count). The van der Waals surface area contributed by atoms with Gasteiger partial charge in [-0.3, -0.25) is 4.79 Å². The summed E-state index contributed by atoms with van der Waals surface area (Å²) in [5.74, 6) is -0.415. The van der Waals surface area contributed by atoms with Crippen molar-refractivity contribution >= 4 is 11.7 Å². The van der Waals surface area contributed by atoms with Crippen LogP contribution in [0.2, 0.25) is 0 Å². The highest BCUT2D eigenvalue weighted by Crippen LogP contribution is 2.40. The monoisotopic (exact) mass is 218 g/mol. The average molecular weight is 218 g/mol. The molecule has 3 N–H and O–H groups in total. The third kappa shape index (κ3) is 1.38.